The fourth-order valence-corrected chi connectivity index (χ4v) is 1.85. The Morgan fingerprint density at radius 2 is 2.25 bits per heavy atom. The number of furan rings is 1. The van der Waals surface area contributed by atoms with Crippen LogP contribution >= 0.6 is 11.6 Å². The Kier molecular flexibility index (Phi) is 4.46. The number of carbonyl (C=O) groups is 1. The lowest BCUT2D eigenvalue weighted by atomic mass is 10.1. The Balaban J connectivity index is 2.29. The van der Waals surface area contributed by atoms with Crippen molar-refractivity contribution >= 4 is 23.2 Å². The van der Waals surface area contributed by atoms with Crippen molar-refractivity contribution in [1.29, 1.82) is 0 Å². The van der Waals surface area contributed by atoms with Crippen LogP contribution < -0.4 is 5.32 Å². The third kappa shape index (κ3) is 3.21. The molecule has 2 N–H and O–H groups in total. The van der Waals surface area contributed by atoms with Crippen LogP contribution in [0.5, 0.6) is 0 Å². The first kappa shape index (κ1) is 14.2. The van der Waals surface area contributed by atoms with Crippen LogP contribution in [0.2, 0.25) is 5.02 Å². The number of hydrogen-bond donors (Lipinski definition) is 2. The van der Waals surface area contributed by atoms with E-state index in [1.54, 1.807) is 31.2 Å². The zero-order valence-electron chi connectivity index (χ0n) is 10.7. The molecule has 0 aliphatic rings. The standard InChI is InChI=1S/C15H12ClNO3/c1-10-13(6-8-20-10)15(19)17-14-5-4-12(16)9-11(14)3-2-7-18/h4-6,8-9,18H,7H2,1H3,(H,17,19). The van der Waals surface area contributed by atoms with Crippen LogP contribution in [-0.2, 0) is 0 Å². The smallest absolute Gasteiger partial charge is 0.259 e. The topological polar surface area (TPSA) is 62.5 Å². The van der Waals surface area contributed by atoms with Crippen molar-refractivity contribution in [1.82, 2.24) is 0 Å². The van der Waals surface area contributed by atoms with Crippen LogP contribution in [0.1, 0.15) is 21.7 Å². The van der Waals surface area contributed by atoms with Gasteiger partial charge < -0.3 is 14.8 Å². The van der Waals surface area contributed by atoms with Gasteiger partial charge in [0.25, 0.3) is 5.91 Å². The molecular weight excluding hydrogens is 278 g/mol. The molecule has 1 aromatic carbocycles. The third-order valence-electron chi connectivity index (χ3n) is 2.64. The lowest BCUT2D eigenvalue weighted by Crippen LogP contribution is -2.13. The maximum Gasteiger partial charge on any atom is 0.259 e. The van der Waals surface area contributed by atoms with Crippen LogP contribution in [0.25, 0.3) is 0 Å². The number of rotatable bonds is 2. The normalized spacial score (nSPS) is 9.75. The second-order valence-electron chi connectivity index (χ2n) is 3.99. The van der Waals surface area contributed by atoms with E-state index in [2.05, 4.69) is 17.2 Å². The highest BCUT2D eigenvalue weighted by Gasteiger charge is 2.13. The number of benzene rings is 1. The summed E-state index contributed by atoms with van der Waals surface area (Å²) in [5, 5.41) is 12.0. The number of aliphatic hydroxyl groups excluding tert-OH is 1. The highest BCUT2D eigenvalue weighted by molar-refractivity contribution is 6.30. The number of halogens is 1. The molecule has 0 atom stereocenters. The van der Waals surface area contributed by atoms with Gasteiger partial charge in [0.15, 0.2) is 0 Å². The van der Waals surface area contributed by atoms with Crippen molar-refractivity contribution in [3.63, 3.8) is 0 Å². The molecule has 0 bridgehead atoms. The lowest BCUT2D eigenvalue weighted by Gasteiger charge is -2.07. The van der Waals surface area contributed by atoms with Gasteiger partial charge >= 0.3 is 0 Å². The molecule has 4 nitrogen and oxygen atoms in total. The van der Waals surface area contributed by atoms with Gasteiger partial charge in [-0.05, 0) is 31.2 Å². The van der Waals surface area contributed by atoms with Crippen molar-refractivity contribution in [2.75, 3.05) is 11.9 Å². The predicted octanol–water partition coefficient (Wildman–Crippen LogP) is 2.84. The van der Waals surface area contributed by atoms with Crippen molar-refractivity contribution < 1.29 is 14.3 Å². The van der Waals surface area contributed by atoms with E-state index in [1.807, 2.05) is 0 Å². The molecule has 102 valence electrons. The van der Waals surface area contributed by atoms with Crippen LogP contribution in [0.4, 0.5) is 5.69 Å². The summed E-state index contributed by atoms with van der Waals surface area (Å²) in [5.74, 6) is 5.53. The summed E-state index contributed by atoms with van der Waals surface area (Å²) in [6, 6.07) is 6.54. The molecule has 0 saturated carbocycles. The molecule has 1 heterocycles. The number of aryl methyl sites for hydroxylation is 1. The molecule has 2 aromatic rings. The van der Waals surface area contributed by atoms with Gasteiger partial charge in [0.05, 0.1) is 17.5 Å². The maximum atomic E-state index is 12.1. The maximum absolute atomic E-state index is 12.1. The summed E-state index contributed by atoms with van der Waals surface area (Å²) in [6.07, 6.45) is 1.46. The number of anilines is 1. The van der Waals surface area contributed by atoms with E-state index in [-0.39, 0.29) is 12.5 Å². The van der Waals surface area contributed by atoms with Crippen molar-refractivity contribution in [3.8, 4) is 11.8 Å². The van der Waals surface area contributed by atoms with E-state index in [9.17, 15) is 4.79 Å². The first-order valence-corrected chi connectivity index (χ1v) is 6.24. The Hall–Kier alpha value is -2.22. The first-order valence-electron chi connectivity index (χ1n) is 5.86. The zero-order chi connectivity index (χ0) is 14.5. The van der Waals surface area contributed by atoms with Gasteiger partial charge in [-0.2, -0.15) is 0 Å². The van der Waals surface area contributed by atoms with E-state index in [1.165, 1.54) is 6.26 Å². The van der Waals surface area contributed by atoms with E-state index in [0.29, 0.717) is 27.6 Å². The number of hydrogen-bond acceptors (Lipinski definition) is 3. The minimum Gasteiger partial charge on any atom is -0.469 e. The van der Waals surface area contributed by atoms with Gasteiger partial charge in [-0.25, -0.2) is 0 Å². The molecule has 0 saturated heterocycles. The van der Waals surface area contributed by atoms with Crippen molar-refractivity contribution in [2.24, 2.45) is 0 Å². The van der Waals surface area contributed by atoms with Gasteiger partial charge in [0, 0.05) is 10.6 Å². The third-order valence-corrected chi connectivity index (χ3v) is 2.87. The molecule has 0 fully saturated rings. The summed E-state index contributed by atoms with van der Waals surface area (Å²) in [5.41, 5.74) is 1.53. The molecule has 0 radical (unpaired) electrons. The van der Waals surface area contributed by atoms with Gasteiger partial charge in [-0.1, -0.05) is 23.4 Å². The number of aliphatic hydroxyl groups is 1. The zero-order valence-corrected chi connectivity index (χ0v) is 11.5. The summed E-state index contributed by atoms with van der Waals surface area (Å²) in [7, 11) is 0. The summed E-state index contributed by atoms with van der Waals surface area (Å²) < 4.78 is 5.09. The minimum atomic E-state index is -0.286. The number of carbonyl (C=O) groups excluding carboxylic acids is 1. The monoisotopic (exact) mass is 289 g/mol. The Morgan fingerprint density at radius 1 is 1.45 bits per heavy atom. The quantitative estimate of drug-likeness (QED) is 0.836. The fraction of sp³-hybridized carbons (Fsp3) is 0.133. The van der Waals surface area contributed by atoms with Crippen LogP contribution in [0.15, 0.2) is 34.9 Å². The predicted molar refractivity (Wildman–Crippen MR) is 76.8 cm³/mol. The second kappa shape index (κ2) is 6.29. The van der Waals surface area contributed by atoms with Crippen LogP contribution in [0, 0.1) is 18.8 Å². The fourth-order valence-electron chi connectivity index (χ4n) is 1.67. The van der Waals surface area contributed by atoms with Gasteiger partial charge in [0.2, 0.25) is 0 Å². The van der Waals surface area contributed by atoms with Crippen LogP contribution in [-0.4, -0.2) is 17.6 Å². The van der Waals surface area contributed by atoms with E-state index >= 15 is 0 Å². The molecule has 2 rings (SSSR count). The molecule has 0 aliphatic heterocycles. The van der Waals surface area contributed by atoms with Gasteiger partial charge in [-0.15, -0.1) is 0 Å². The molecule has 0 unspecified atom stereocenters. The summed E-state index contributed by atoms with van der Waals surface area (Å²) in [4.78, 5) is 12.1. The molecular formula is C15H12ClNO3. The van der Waals surface area contributed by atoms with Gasteiger partial charge in [-0.3, -0.25) is 4.79 Å². The van der Waals surface area contributed by atoms with E-state index < -0.39 is 0 Å². The highest BCUT2D eigenvalue weighted by atomic mass is 35.5. The number of nitrogens with one attached hydrogen (secondary N) is 1. The molecule has 0 aliphatic carbocycles. The highest BCUT2D eigenvalue weighted by Crippen LogP contribution is 2.21. The Labute approximate surface area is 121 Å². The SMILES string of the molecule is Cc1occc1C(=O)Nc1ccc(Cl)cc1C#CCO. The molecule has 1 amide bonds. The van der Waals surface area contributed by atoms with Crippen LogP contribution in [0.3, 0.4) is 0 Å². The second-order valence-corrected chi connectivity index (χ2v) is 4.43. The summed E-state index contributed by atoms with van der Waals surface area (Å²) in [6.45, 7) is 1.45. The average molecular weight is 290 g/mol. The number of amides is 1. The van der Waals surface area contributed by atoms with E-state index in [0.717, 1.165) is 0 Å². The lowest BCUT2D eigenvalue weighted by molar-refractivity contribution is 0.102. The Bertz CT molecular complexity index is 695. The largest absolute Gasteiger partial charge is 0.469 e. The molecule has 0 spiro atoms. The van der Waals surface area contributed by atoms with Gasteiger partial charge in [0.1, 0.15) is 12.4 Å². The first-order chi connectivity index (χ1) is 9.61. The molecule has 20 heavy (non-hydrogen) atoms. The van der Waals surface area contributed by atoms with Crippen molar-refractivity contribution in [3.05, 3.63) is 52.4 Å². The summed E-state index contributed by atoms with van der Waals surface area (Å²) >= 11 is 5.90. The van der Waals surface area contributed by atoms with E-state index in [4.69, 9.17) is 21.1 Å². The molecule has 5 heteroatoms. The Morgan fingerprint density at radius 3 is 2.90 bits per heavy atom. The molecule has 1 aromatic heterocycles. The average Bonchev–Trinajstić information content (AvgIpc) is 2.85. The minimum absolute atomic E-state index is 0.263. The van der Waals surface area contributed by atoms with Crippen molar-refractivity contribution in [2.45, 2.75) is 6.92 Å².